The number of aliphatic carboxylic acids is 1. The first-order chi connectivity index (χ1) is 14.1. The summed E-state index contributed by atoms with van der Waals surface area (Å²) in [5.74, 6) is -1.83. The van der Waals surface area contributed by atoms with Crippen LogP contribution in [-0.4, -0.2) is 52.2 Å². The summed E-state index contributed by atoms with van der Waals surface area (Å²) in [5.41, 5.74) is 3.04. The number of aryl methyl sites for hydroxylation is 2. The third kappa shape index (κ3) is 6.75. The lowest BCUT2D eigenvalue weighted by Gasteiger charge is -2.32. The van der Waals surface area contributed by atoms with Gasteiger partial charge in [-0.25, -0.2) is 4.79 Å². The molecular weight excluding hydrogens is 401 g/mol. The average Bonchev–Trinajstić information content (AvgIpc) is 2.69. The molecule has 2 aromatic rings. The first-order valence-electron chi connectivity index (χ1n) is 9.31. The second-order valence-electron chi connectivity index (χ2n) is 6.92. The molecule has 1 aliphatic heterocycles. The molecule has 2 heterocycles. The lowest BCUT2D eigenvalue weighted by atomic mass is 10.0. The number of amides is 1. The standard InChI is InChI=1S/C19H22N2O2.C2HF3O2/c1-14-5-6-18(15(2)12-14)19(22)21-10-7-16(8-11-21)23-17-4-3-9-20-13-17;3-2(4,5)1(6)7/h3-6,9,12-13,16H,7-8,10-11H2,1-2H3;(H,6,7). The number of hydrogen-bond acceptors (Lipinski definition) is 4. The number of piperidine rings is 1. The highest BCUT2D eigenvalue weighted by atomic mass is 19.4. The van der Waals surface area contributed by atoms with E-state index in [0.717, 1.165) is 42.8 Å². The fraction of sp³-hybridized carbons (Fsp3) is 0.381. The predicted octanol–water partition coefficient (Wildman–Crippen LogP) is 4.02. The summed E-state index contributed by atoms with van der Waals surface area (Å²) in [6, 6.07) is 9.78. The molecule has 1 fully saturated rings. The molecule has 3 rings (SSSR count). The van der Waals surface area contributed by atoms with Crippen molar-refractivity contribution < 1.29 is 32.6 Å². The third-order valence-corrected chi connectivity index (χ3v) is 4.52. The summed E-state index contributed by atoms with van der Waals surface area (Å²) >= 11 is 0. The number of benzene rings is 1. The highest BCUT2D eigenvalue weighted by Gasteiger charge is 2.38. The van der Waals surface area contributed by atoms with E-state index in [9.17, 15) is 18.0 Å². The summed E-state index contributed by atoms with van der Waals surface area (Å²) in [6.45, 7) is 5.51. The summed E-state index contributed by atoms with van der Waals surface area (Å²) in [6.07, 6.45) is 0.241. The zero-order valence-corrected chi connectivity index (χ0v) is 16.6. The minimum atomic E-state index is -5.08. The number of carbonyl (C=O) groups is 2. The number of aromatic nitrogens is 1. The van der Waals surface area contributed by atoms with Crippen molar-refractivity contribution in [1.29, 1.82) is 0 Å². The summed E-state index contributed by atoms with van der Waals surface area (Å²) in [4.78, 5) is 27.6. The quantitative estimate of drug-likeness (QED) is 0.805. The SMILES string of the molecule is Cc1ccc(C(=O)N2CCC(Oc3cccnc3)CC2)c(C)c1.O=C(O)C(F)(F)F. The van der Waals surface area contributed by atoms with Crippen LogP contribution in [0.25, 0.3) is 0 Å². The molecule has 1 saturated heterocycles. The van der Waals surface area contributed by atoms with E-state index in [1.165, 1.54) is 5.56 Å². The smallest absolute Gasteiger partial charge is 0.489 e. The van der Waals surface area contributed by atoms with E-state index in [1.54, 1.807) is 12.4 Å². The van der Waals surface area contributed by atoms with Crippen molar-refractivity contribution in [2.24, 2.45) is 0 Å². The number of ether oxygens (including phenoxy) is 1. The van der Waals surface area contributed by atoms with Crippen molar-refractivity contribution in [2.45, 2.75) is 39.0 Å². The Morgan fingerprint density at radius 3 is 2.30 bits per heavy atom. The molecule has 0 bridgehead atoms. The molecule has 30 heavy (non-hydrogen) atoms. The summed E-state index contributed by atoms with van der Waals surface area (Å²) in [7, 11) is 0. The van der Waals surface area contributed by atoms with E-state index in [2.05, 4.69) is 11.1 Å². The van der Waals surface area contributed by atoms with Crippen LogP contribution < -0.4 is 4.74 Å². The zero-order valence-electron chi connectivity index (χ0n) is 16.6. The van der Waals surface area contributed by atoms with Crippen LogP contribution >= 0.6 is 0 Å². The first-order valence-corrected chi connectivity index (χ1v) is 9.31. The van der Waals surface area contributed by atoms with Crippen LogP contribution in [0, 0.1) is 13.8 Å². The molecule has 0 radical (unpaired) electrons. The monoisotopic (exact) mass is 424 g/mol. The van der Waals surface area contributed by atoms with Gasteiger partial charge < -0.3 is 14.7 Å². The van der Waals surface area contributed by atoms with E-state index < -0.39 is 12.1 Å². The molecule has 162 valence electrons. The van der Waals surface area contributed by atoms with E-state index in [1.807, 2.05) is 43.0 Å². The maximum absolute atomic E-state index is 12.7. The normalized spacial score (nSPS) is 14.5. The van der Waals surface area contributed by atoms with Gasteiger partial charge >= 0.3 is 12.1 Å². The molecule has 1 aromatic carbocycles. The highest BCUT2D eigenvalue weighted by molar-refractivity contribution is 5.95. The van der Waals surface area contributed by atoms with Crippen LogP contribution in [0.2, 0.25) is 0 Å². The van der Waals surface area contributed by atoms with Gasteiger partial charge in [0.2, 0.25) is 0 Å². The molecule has 0 aliphatic carbocycles. The Morgan fingerprint density at radius 2 is 1.80 bits per heavy atom. The van der Waals surface area contributed by atoms with Crippen LogP contribution in [0.1, 0.15) is 34.3 Å². The van der Waals surface area contributed by atoms with E-state index in [-0.39, 0.29) is 12.0 Å². The fourth-order valence-corrected chi connectivity index (χ4v) is 3.01. The molecule has 1 aromatic heterocycles. The van der Waals surface area contributed by atoms with Crippen LogP contribution in [0.3, 0.4) is 0 Å². The van der Waals surface area contributed by atoms with Gasteiger partial charge in [0.25, 0.3) is 5.91 Å². The average molecular weight is 424 g/mol. The first kappa shape index (κ1) is 23.2. The molecular formula is C21H23F3N2O4. The van der Waals surface area contributed by atoms with Crippen LogP contribution in [0.15, 0.2) is 42.7 Å². The van der Waals surface area contributed by atoms with Crippen molar-refractivity contribution in [1.82, 2.24) is 9.88 Å². The number of carboxylic acid groups (broad SMARTS) is 1. The minimum absolute atomic E-state index is 0.127. The van der Waals surface area contributed by atoms with E-state index >= 15 is 0 Å². The number of alkyl halides is 3. The zero-order chi connectivity index (χ0) is 22.3. The summed E-state index contributed by atoms with van der Waals surface area (Å²) in [5, 5.41) is 7.12. The number of likely N-dealkylation sites (tertiary alicyclic amines) is 1. The molecule has 9 heteroatoms. The van der Waals surface area contributed by atoms with Gasteiger partial charge in [0.05, 0.1) is 6.20 Å². The molecule has 0 unspecified atom stereocenters. The topological polar surface area (TPSA) is 79.7 Å². The van der Waals surface area contributed by atoms with Crippen molar-refractivity contribution in [3.63, 3.8) is 0 Å². The van der Waals surface area contributed by atoms with Gasteiger partial charge in [0, 0.05) is 37.7 Å². The maximum Gasteiger partial charge on any atom is 0.490 e. The molecule has 1 amide bonds. The predicted molar refractivity (Wildman–Crippen MR) is 103 cm³/mol. The van der Waals surface area contributed by atoms with Crippen molar-refractivity contribution >= 4 is 11.9 Å². The number of nitrogens with zero attached hydrogens (tertiary/aromatic N) is 2. The Bertz CT molecular complexity index is 864. The van der Waals surface area contributed by atoms with Gasteiger partial charge in [0.15, 0.2) is 0 Å². The van der Waals surface area contributed by atoms with Crippen LogP contribution in [-0.2, 0) is 4.79 Å². The van der Waals surface area contributed by atoms with E-state index in [0.29, 0.717) is 0 Å². The number of carbonyl (C=O) groups excluding carboxylic acids is 1. The van der Waals surface area contributed by atoms with Gasteiger partial charge in [0.1, 0.15) is 11.9 Å². The van der Waals surface area contributed by atoms with Gasteiger partial charge in [-0.3, -0.25) is 9.78 Å². The van der Waals surface area contributed by atoms with Crippen LogP contribution in [0.4, 0.5) is 13.2 Å². The number of pyridine rings is 1. The van der Waals surface area contributed by atoms with Crippen molar-refractivity contribution in [2.75, 3.05) is 13.1 Å². The molecule has 1 N–H and O–H groups in total. The molecule has 0 spiro atoms. The molecule has 0 atom stereocenters. The Hall–Kier alpha value is -3.10. The Balaban J connectivity index is 0.000000396. The highest BCUT2D eigenvalue weighted by Crippen LogP contribution is 2.21. The number of hydrogen-bond donors (Lipinski definition) is 1. The molecule has 0 saturated carbocycles. The maximum atomic E-state index is 12.7. The largest absolute Gasteiger partial charge is 0.490 e. The summed E-state index contributed by atoms with van der Waals surface area (Å²) < 4.78 is 37.7. The van der Waals surface area contributed by atoms with Crippen molar-refractivity contribution in [3.8, 4) is 5.75 Å². The molecule has 6 nitrogen and oxygen atoms in total. The Kier molecular flexibility index (Phi) is 7.79. The lowest BCUT2D eigenvalue weighted by molar-refractivity contribution is -0.192. The second kappa shape index (κ2) is 10.1. The fourth-order valence-electron chi connectivity index (χ4n) is 3.01. The lowest BCUT2D eigenvalue weighted by Crippen LogP contribution is -2.42. The molecule has 1 aliphatic rings. The van der Waals surface area contributed by atoms with Gasteiger partial charge in [-0.15, -0.1) is 0 Å². The van der Waals surface area contributed by atoms with Crippen LogP contribution in [0.5, 0.6) is 5.75 Å². The third-order valence-electron chi connectivity index (χ3n) is 4.52. The minimum Gasteiger partial charge on any atom is -0.489 e. The Labute approximate surface area is 172 Å². The van der Waals surface area contributed by atoms with Gasteiger partial charge in [-0.2, -0.15) is 13.2 Å². The van der Waals surface area contributed by atoms with Crippen molar-refractivity contribution in [3.05, 3.63) is 59.4 Å². The Morgan fingerprint density at radius 1 is 1.17 bits per heavy atom. The number of rotatable bonds is 3. The second-order valence-corrected chi connectivity index (χ2v) is 6.92. The number of halogens is 3. The van der Waals surface area contributed by atoms with Gasteiger partial charge in [-0.05, 0) is 37.6 Å². The van der Waals surface area contributed by atoms with E-state index in [4.69, 9.17) is 14.6 Å². The number of carboxylic acids is 1. The van der Waals surface area contributed by atoms with Gasteiger partial charge in [-0.1, -0.05) is 17.7 Å².